The van der Waals surface area contributed by atoms with Crippen molar-refractivity contribution in [3.8, 4) is 0 Å². The van der Waals surface area contributed by atoms with Crippen molar-refractivity contribution in [1.29, 1.82) is 0 Å². The Kier molecular flexibility index (Phi) is 4.95. The van der Waals surface area contributed by atoms with Crippen molar-refractivity contribution in [2.24, 2.45) is 0 Å². The summed E-state index contributed by atoms with van der Waals surface area (Å²) in [5.41, 5.74) is 1.84. The van der Waals surface area contributed by atoms with E-state index in [2.05, 4.69) is 0 Å². The standard InChI is InChI=1S/C20H21NO5/c1-12-4-7-14(8-5-12)17-16(18(22)15-9-6-13(2)26-15)19(23)20(24)21(17)10-11-25-3/h4-9,17,23H,10-11H2,1-3H3. The topological polar surface area (TPSA) is 80.0 Å². The molecule has 1 aliphatic heterocycles. The highest BCUT2D eigenvalue weighted by atomic mass is 16.5. The maximum Gasteiger partial charge on any atom is 0.290 e. The largest absolute Gasteiger partial charge is 0.503 e. The van der Waals surface area contributed by atoms with Gasteiger partial charge in [-0.25, -0.2) is 0 Å². The van der Waals surface area contributed by atoms with E-state index in [4.69, 9.17) is 9.15 Å². The van der Waals surface area contributed by atoms with Gasteiger partial charge in [-0.05, 0) is 31.5 Å². The van der Waals surface area contributed by atoms with Gasteiger partial charge in [0.25, 0.3) is 5.91 Å². The number of methoxy groups -OCH3 is 1. The average molecular weight is 355 g/mol. The van der Waals surface area contributed by atoms with Crippen molar-refractivity contribution in [2.75, 3.05) is 20.3 Å². The third-order valence-electron chi connectivity index (χ3n) is 4.44. The maximum atomic E-state index is 13.0. The second kappa shape index (κ2) is 7.17. The lowest BCUT2D eigenvalue weighted by Gasteiger charge is -2.26. The Morgan fingerprint density at radius 1 is 1.19 bits per heavy atom. The molecule has 0 fully saturated rings. The smallest absolute Gasteiger partial charge is 0.290 e. The van der Waals surface area contributed by atoms with Gasteiger partial charge in [0.1, 0.15) is 5.76 Å². The van der Waals surface area contributed by atoms with E-state index in [0.29, 0.717) is 12.4 Å². The van der Waals surface area contributed by atoms with Crippen LogP contribution < -0.4 is 0 Å². The summed E-state index contributed by atoms with van der Waals surface area (Å²) >= 11 is 0. The number of nitrogens with zero attached hydrogens (tertiary/aromatic N) is 1. The fraction of sp³-hybridized carbons (Fsp3) is 0.300. The van der Waals surface area contributed by atoms with Crippen LogP contribution in [0.1, 0.15) is 33.5 Å². The first-order valence-corrected chi connectivity index (χ1v) is 8.34. The zero-order valence-electron chi connectivity index (χ0n) is 15.0. The van der Waals surface area contributed by atoms with Gasteiger partial charge in [0.05, 0.1) is 18.2 Å². The SMILES string of the molecule is COCCN1C(=O)C(O)=C(C(=O)c2ccc(C)o2)C1c1ccc(C)cc1. The van der Waals surface area contributed by atoms with Gasteiger partial charge in [-0.1, -0.05) is 29.8 Å². The molecule has 26 heavy (non-hydrogen) atoms. The van der Waals surface area contributed by atoms with Crippen molar-refractivity contribution in [3.05, 3.63) is 70.4 Å². The number of furan rings is 1. The number of benzene rings is 1. The maximum absolute atomic E-state index is 13.0. The molecule has 1 atom stereocenters. The number of Topliss-reactive ketones (excluding diaryl/α,β-unsaturated/α-hetero) is 1. The van der Waals surface area contributed by atoms with Gasteiger partial charge in [-0.2, -0.15) is 0 Å². The van der Waals surface area contributed by atoms with Crippen LogP contribution in [0.4, 0.5) is 0 Å². The van der Waals surface area contributed by atoms with Gasteiger partial charge >= 0.3 is 0 Å². The number of rotatable bonds is 6. The van der Waals surface area contributed by atoms with Crippen LogP contribution in [0, 0.1) is 13.8 Å². The predicted octanol–water partition coefficient (Wildman–Crippen LogP) is 3.12. The molecule has 1 amide bonds. The van der Waals surface area contributed by atoms with Crippen LogP contribution in [-0.2, 0) is 9.53 Å². The molecule has 1 aliphatic rings. The summed E-state index contributed by atoms with van der Waals surface area (Å²) < 4.78 is 10.5. The van der Waals surface area contributed by atoms with E-state index in [1.165, 1.54) is 12.0 Å². The first kappa shape index (κ1) is 17.9. The van der Waals surface area contributed by atoms with Crippen LogP contribution in [0.2, 0.25) is 0 Å². The number of aliphatic hydroxyl groups is 1. The molecule has 1 aromatic heterocycles. The zero-order chi connectivity index (χ0) is 18.8. The molecular weight excluding hydrogens is 334 g/mol. The number of ketones is 1. The molecular formula is C20H21NO5. The molecule has 1 aromatic carbocycles. The molecule has 2 heterocycles. The highest BCUT2D eigenvalue weighted by Crippen LogP contribution is 2.39. The Morgan fingerprint density at radius 2 is 1.88 bits per heavy atom. The van der Waals surface area contributed by atoms with Gasteiger partial charge in [0, 0.05) is 13.7 Å². The first-order valence-electron chi connectivity index (χ1n) is 8.34. The van der Waals surface area contributed by atoms with Gasteiger partial charge in [0.15, 0.2) is 11.5 Å². The summed E-state index contributed by atoms with van der Waals surface area (Å²) in [6.45, 7) is 4.24. The minimum absolute atomic E-state index is 0.0318. The van der Waals surface area contributed by atoms with E-state index in [1.807, 2.05) is 31.2 Å². The van der Waals surface area contributed by atoms with Crippen LogP contribution in [0.25, 0.3) is 0 Å². The fourth-order valence-corrected chi connectivity index (χ4v) is 3.09. The fourth-order valence-electron chi connectivity index (χ4n) is 3.09. The number of carbonyl (C=O) groups excluding carboxylic acids is 2. The number of ether oxygens (including phenoxy) is 1. The number of hydrogen-bond donors (Lipinski definition) is 1. The molecule has 0 saturated carbocycles. The molecule has 0 aliphatic carbocycles. The Morgan fingerprint density at radius 3 is 2.46 bits per heavy atom. The Hall–Kier alpha value is -2.86. The molecule has 6 nitrogen and oxygen atoms in total. The van der Waals surface area contributed by atoms with Crippen LogP contribution in [-0.4, -0.2) is 42.0 Å². The average Bonchev–Trinajstić information content (AvgIpc) is 3.16. The summed E-state index contributed by atoms with van der Waals surface area (Å²) in [7, 11) is 1.53. The van der Waals surface area contributed by atoms with Gasteiger partial charge in [0.2, 0.25) is 5.78 Å². The summed E-state index contributed by atoms with van der Waals surface area (Å²) in [6.07, 6.45) is 0. The molecule has 0 bridgehead atoms. The molecule has 0 spiro atoms. The molecule has 1 N–H and O–H groups in total. The van der Waals surface area contributed by atoms with E-state index in [-0.39, 0.29) is 17.9 Å². The van der Waals surface area contributed by atoms with Gasteiger partial charge in [-0.15, -0.1) is 0 Å². The number of amides is 1. The number of aliphatic hydroxyl groups excluding tert-OH is 1. The van der Waals surface area contributed by atoms with Crippen molar-refractivity contribution in [1.82, 2.24) is 4.90 Å². The summed E-state index contributed by atoms with van der Waals surface area (Å²) in [6, 6.07) is 10.1. The second-order valence-corrected chi connectivity index (χ2v) is 6.31. The Bertz CT molecular complexity index is 863. The van der Waals surface area contributed by atoms with Crippen LogP contribution in [0.15, 0.2) is 52.1 Å². The van der Waals surface area contributed by atoms with Gasteiger partial charge in [-0.3, -0.25) is 9.59 Å². The lowest BCUT2D eigenvalue weighted by molar-refractivity contribution is -0.130. The molecule has 136 valence electrons. The van der Waals surface area contributed by atoms with Crippen LogP contribution in [0.3, 0.4) is 0 Å². The lowest BCUT2D eigenvalue weighted by atomic mass is 9.94. The summed E-state index contributed by atoms with van der Waals surface area (Å²) in [5.74, 6) is -0.928. The Labute approximate surface area is 151 Å². The number of aryl methyl sites for hydroxylation is 2. The van der Waals surface area contributed by atoms with E-state index in [0.717, 1.165) is 11.1 Å². The quantitative estimate of drug-likeness (QED) is 0.806. The lowest BCUT2D eigenvalue weighted by Crippen LogP contribution is -2.34. The van der Waals surface area contributed by atoms with Crippen molar-refractivity contribution in [2.45, 2.75) is 19.9 Å². The van der Waals surface area contributed by atoms with E-state index >= 15 is 0 Å². The molecule has 3 rings (SSSR count). The first-order chi connectivity index (χ1) is 12.4. The normalized spacial score (nSPS) is 17.3. The van der Waals surface area contributed by atoms with Crippen molar-refractivity contribution < 1.29 is 23.8 Å². The second-order valence-electron chi connectivity index (χ2n) is 6.31. The molecule has 0 radical (unpaired) electrons. The Balaban J connectivity index is 2.07. The molecule has 0 saturated heterocycles. The molecule has 6 heteroatoms. The van der Waals surface area contributed by atoms with Gasteiger partial charge < -0.3 is 19.2 Å². The zero-order valence-corrected chi connectivity index (χ0v) is 15.0. The number of carbonyl (C=O) groups is 2. The summed E-state index contributed by atoms with van der Waals surface area (Å²) in [5, 5.41) is 10.4. The highest BCUT2D eigenvalue weighted by molar-refractivity contribution is 6.15. The molecule has 1 unspecified atom stereocenters. The highest BCUT2D eigenvalue weighted by Gasteiger charge is 2.44. The van der Waals surface area contributed by atoms with Crippen molar-refractivity contribution >= 4 is 11.7 Å². The van der Waals surface area contributed by atoms with E-state index in [9.17, 15) is 14.7 Å². The van der Waals surface area contributed by atoms with Crippen molar-refractivity contribution in [3.63, 3.8) is 0 Å². The number of hydrogen-bond acceptors (Lipinski definition) is 5. The monoisotopic (exact) mass is 355 g/mol. The minimum atomic E-state index is -0.684. The summed E-state index contributed by atoms with van der Waals surface area (Å²) in [4.78, 5) is 27.0. The van der Waals surface area contributed by atoms with E-state index < -0.39 is 23.5 Å². The third-order valence-corrected chi connectivity index (χ3v) is 4.44. The van der Waals surface area contributed by atoms with Crippen LogP contribution in [0.5, 0.6) is 0 Å². The molecule has 2 aromatic rings. The third kappa shape index (κ3) is 3.15. The minimum Gasteiger partial charge on any atom is -0.503 e. The van der Waals surface area contributed by atoms with Crippen LogP contribution >= 0.6 is 0 Å². The van der Waals surface area contributed by atoms with E-state index in [1.54, 1.807) is 19.1 Å². The predicted molar refractivity (Wildman–Crippen MR) is 94.9 cm³/mol.